The van der Waals surface area contributed by atoms with Crippen LogP contribution < -0.4 is 27.3 Å². The maximum atomic E-state index is 12.1. The fourth-order valence-electron chi connectivity index (χ4n) is 2.57. The molecule has 2 N–H and O–H groups in total. The van der Waals surface area contributed by atoms with E-state index in [1.165, 1.54) is 0 Å². The van der Waals surface area contributed by atoms with Gasteiger partial charge in [0.25, 0.3) is 5.91 Å². The molecule has 0 radical (unpaired) electrons. The second-order valence-corrected chi connectivity index (χ2v) is 5.36. The van der Waals surface area contributed by atoms with E-state index >= 15 is 0 Å². The molecule has 0 spiro atoms. The average Bonchev–Trinajstić information content (AvgIpc) is 2.56. The maximum Gasteiger partial charge on any atom is 0.287 e. The Hall–Kier alpha value is -2.41. The monoisotopic (exact) mass is 404 g/mol. The van der Waals surface area contributed by atoms with E-state index in [4.69, 9.17) is 17.3 Å². The van der Waals surface area contributed by atoms with Gasteiger partial charge in [-0.3, -0.25) is 4.79 Å². The molecule has 0 bridgehead atoms. The first kappa shape index (κ1) is 19.6. The van der Waals surface area contributed by atoms with Gasteiger partial charge in [-0.2, -0.15) is 15.1 Å². The summed E-state index contributed by atoms with van der Waals surface area (Å²) >= 11 is 6.23. The highest BCUT2D eigenvalue weighted by molar-refractivity contribution is 6.31. The van der Waals surface area contributed by atoms with Gasteiger partial charge in [0, 0.05) is 17.2 Å². The zero-order valence-electron chi connectivity index (χ0n) is 12.5. The van der Waals surface area contributed by atoms with Crippen molar-refractivity contribution in [1.29, 1.82) is 10.5 Å². The molecule has 1 aromatic carbocycles. The minimum atomic E-state index is -1.07. The van der Waals surface area contributed by atoms with Crippen LogP contribution >= 0.6 is 11.6 Å². The first-order chi connectivity index (χ1) is 11.1. The molecule has 1 aromatic heterocycles. The molecule has 0 aliphatic carbocycles. The number of benzene rings is 1. The minimum absolute atomic E-state index is 0. The van der Waals surface area contributed by atoms with Crippen LogP contribution in [0.4, 0.5) is 0 Å². The predicted molar refractivity (Wildman–Crippen MR) is 83.8 cm³/mol. The first-order valence-corrected chi connectivity index (χ1v) is 7.26. The number of hydrogen-bond donors (Lipinski definition) is 1. The molecule has 0 saturated heterocycles. The highest BCUT2D eigenvalue weighted by atomic mass is 79.9. The van der Waals surface area contributed by atoms with Crippen molar-refractivity contribution in [2.75, 3.05) is 0 Å². The van der Waals surface area contributed by atoms with Crippen molar-refractivity contribution in [3.8, 4) is 12.1 Å². The number of halogens is 2. The number of nitrogens with zero attached hydrogens (tertiary/aromatic N) is 3. The van der Waals surface area contributed by atoms with Gasteiger partial charge in [0.15, 0.2) is 12.4 Å². The summed E-state index contributed by atoms with van der Waals surface area (Å²) in [6, 6.07) is 15.1. The summed E-state index contributed by atoms with van der Waals surface area (Å²) in [6.07, 6.45) is 3.34. The topological polar surface area (TPSA) is 94.5 Å². The van der Waals surface area contributed by atoms with Crippen molar-refractivity contribution in [2.45, 2.75) is 12.0 Å². The second kappa shape index (κ2) is 9.02. The number of primary amides is 1. The lowest BCUT2D eigenvalue weighted by Crippen LogP contribution is -3.00. The molecule has 24 heavy (non-hydrogen) atoms. The fraction of sp³-hybridized carbons (Fsp3) is 0.176. The van der Waals surface area contributed by atoms with Gasteiger partial charge in [0.2, 0.25) is 6.04 Å². The van der Waals surface area contributed by atoms with E-state index in [0.717, 1.165) is 0 Å². The summed E-state index contributed by atoms with van der Waals surface area (Å²) < 4.78 is 1.60. The lowest BCUT2D eigenvalue weighted by Gasteiger charge is -2.22. The summed E-state index contributed by atoms with van der Waals surface area (Å²) in [5.41, 5.74) is 6.13. The normalized spacial score (nSPS) is 12.3. The van der Waals surface area contributed by atoms with Gasteiger partial charge < -0.3 is 22.7 Å². The number of amides is 1. The van der Waals surface area contributed by atoms with Gasteiger partial charge in [-0.05, 0) is 11.6 Å². The van der Waals surface area contributed by atoms with Gasteiger partial charge >= 0.3 is 0 Å². The van der Waals surface area contributed by atoms with Crippen LogP contribution in [0.15, 0.2) is 54.9 Å². The Balaban J connectivity index is 0.00000288. The molecule has 1 amide bonds. The van der Waals surface area contributed by atoms with E-state index in [-0.39, 0.29) is 17.0 Å². The van der Waals surface area contributed by atoms with Crippen LogP contribution in [0, 0.1) is 28.6 Å². The Morgan fingerprint density at radius 3 is 2.17 bits per heavy atom. The van der Waals surface area contributed by atoms with Crippen LogP contribution in [-0.2, 0) is 4.79 Å². The third kappa shape index (κ3) is 4.11. The molecule has 2 atom stereocenters. The number of carbonyl (C=O) groups excluding carboxylic acids is 1. The van der Waals surface area contributed by atoms with E-state index in [1.807, 2.05) is 12.1 Å². The quantitative estimate of drug-likeness (QED) is 0.654. The Labute approximate surface area is 155 Å². The zero-order valence-corrected chi connectivity index (χ0v) is 14.9. The molecule has 5 nitrogen and oxygen atoms in total. The molecule has 1 heterocycles. The molecule has 2 rings (SSSR count). The van der Waals surface area contributed by atoms with Crippen LogP contribution in [0.3, 0.4) is 0 Å². The lowest BCUT2D eigenvalue weighted by molar-refractivity contribution is -0.712. The number of nitriles is 2. The Morgan fingerprint density at radius 2 is 1.67 bits per heavy atom. The number of nitrogens with two attached hydrogens (primary N) is 1. The summed E-state index contributed by atoms with van der Waals surface area (Å²) in [5.74, 6) is -2.48. The molecule has 2 unspecified atom stereocenters. The van der Waals surface area contributed by atoms with Crippen molar-refractivity contribution in [3.05, 3.63) is 65.4 Å². The molecule has 122 valence electrons. The van der Waals surface area contributed by atoms with Crippen LogP contribution in [0.5, 0.6) is 0 Å². The Kier molecular flexibility index (Phi) is 7.38. The lowest BCUT2D eigenvalue weighted by atomic mass is 9.81. The number of rotatable bonds is 5. The minimum Gasteiger partial charge on any atom is -1.00 e. The van der Waals surface area contributed by atoms with Crippen LogP contribution in [0.2, 0.25) is 5.02 Å². The summed E-state index contributed by atoms with van der Waals surface area (Å²) in [7, 11) is 0. The zero-order chi connectivity index (χ0) is 16.8. The molecular formula is C17H14BrClN4O. The molecule has 0 saturated carbocycles. The number of aromatic nitrogens is 1. The average molecular weight is 406 g/mol. The van der Waals surface area contributed by atoms with Crippen molar-refractivity contribution < 1.29 is 26.3 Å². The third-order valence-electron chi connectivity index (χ3n) is 3.59. The second-order valence-electron chi connectivity index (χ2n) is 4.95. The first-order valence-electron chi connectivity index (χ1n) is 6.89. The number of carbonyl (C=O) groups is 1. The molecular weight excluding hydrogens is 392 g/mol. The van der Waals surface area contributed by atoms with Gasteiger partial charge in [-0.15, -0.1) is 0 Å². The van der Waals surface area contributed by atoms with Crippen molar-refractivity contribution in [2.24, 2.45) is 11.7 Å². The van der Waals surface area contributed by atoms with Crippen molar-refractivity contribution >= 4 is 17.5 Å². The third-order valence-corrected chi connectivity index (χ3v) is 3.94. The van der Waals surface area contributed by atoms with Gasteiger partial charge in [0.05, 0.1) is 18.1 Å². The van der Waals surface area contributed by atoms with Crippen LogP contribution in [0.25, 0.3) is 0 Å². The highest BCUT2D eigenvalue weighted by Gasteiger charge is 2.42. The van der Waals surface area contributed by atoms with E-state index in [1.54, 1.807) is 59.4 Å². The number of pyridine rings is 1. The van der Waals surface area contributed by atoms with Crippen molar-refractivity contribution in [1.82, 2.24) is 0 Å². The SMILES string of the molecule is N#CC(C#N)C(c1ccccc1Cl)C(C(N)=O)[n+]1ccccc1.[Br-]. The van der Waals surface area contributed by atoms with E-state index in [9.17, 15) is 15.3 Å². The van der Waals surface area contributed by atoms with Crippen LogP contribution in [0.1, 0.15) is 17.5 Å². The number of hydrogen-bond acceptors (Lipinski definition) is 3. The van der Waals surface area contributed by atoms with E-state index in [0.29, 0.717) is 10.6 Å². The summed E-state index contributed by atoms with van der Waals surface area (Å²) in [4.78, 5) is 12.1. The molecule has 7 heteroatoms. The van der Waals surface area contributed by atoms with Gasteiger partial charge in [-0.25, -0.2) is 0 Å². The molecule has 0 aliphatic heterocycles. The largest absolute Gasteiger partial charge is 1.00 e. The van der Waals surface area contributed by atoms with Gasteiger partial charge in [-0.1, -0.05) is 35.9 Å². The standard InChI is InChI=1S/C17H13ClN4O.BrH/c18-14-7-3-2-6-13(14)15(12(10-19)11-20)16(17(21)23)22-8-4-1-5-9-22;/h1-9,12,15-16H,(H-,21,23);1H. The smallest absolute Gasteiger partial charge is 0.287 e. The Morgan fingerprint density at radius 1 is 1.08 bits per heavy atom. The van der Waals surface area contributed by atoms with Crippen molar-refractivity contribution in [3.63, 3.8) is 0 Å². The van der Waals surface area contributed by atoms with Crippen LogP contribution in [-0.4, -0.2) is 5.91 Å². The summed E-state index contributed by atoms with van der Waals surface area (Å²) in [5, 5.41) is 19.1. The predicted octanol–water partition coefficient (Wildman–Crippen LogP) is -0.895. The van der Waals surface area contributed by atoms with E-state index < -0.39 is 23.8 Å². The fourth-order valence-corrected chi connectivity index (χ4v) is 2.84. The summed E-state index contributed by atoms with van der Waals surface area (Å²) in [6.45, 7) is 0. The highest BCUT2D eigenvalue weighted by Crippen LogP contribution is 2.36. The Bertz CT molecular complexity index is 771. The maximum absolute atomic E-state index is 12.1. The molecule has 0 aliphatic rings. The van der Waals surface area contributed by atoms with Gasteiger partial charge in [0.1, 0.15) is 5.92 Å². The molecule has 2 aromatic rings. The molecule has 0 fully saturated rings. The van der Waals surface area contributed by atoms with E-state index in [2.05, 4.69) is 0 Å².